The normalized spacial score (nSPS) is 29.2. The highest BCUT2D eigenvalue weighted by molar-refractivity contribution is 5.90. The number of aromatic nitrogens is 1. The Balaban J connectivity index is 2.45. The van der Waals surface area contributed by atoms with Crippen LogP contribution in [0.25, 0.3) is 0 Å². The third kappa shape index (κ3) is 2.07. The van der Waals surface area contributed by atoms with Crippen LogP contribution in [0.1, 0.15) is 32.4 Å². The highest BCUT2D eigenvalue weighted by Gasteiger charge is 2.47. The SMILES string of the molecule is CCC(=O)[C@]1(c2ccccn2)CCN(C)C[C@@H]1C. The molecule has 98 valence electrons. The zero-order valence-corrected chi connectivity index (χ0v) is 11.5. The van der Waals surface area contributed by atoms with E-state index in [1.165, 1.54) is 0 Å². The van der Waals surface area contributed by atoms with Gasteiger partial charge in [0.05, 0.1) is 11.1 Å². The van der Waals surface area contributed by atoms with Crippen molar-refractivity contribution in [1.82, 2.24) is 9.88 Å². The number of likely N-dealkylation sites (tertiary alicyclic amines) is 1. The molecule has 0 aliphatic carbocycles. The lowest BCUT2D eigenvalue weighted by atomic mass is 9.65. The molecule has 1 saturated heterocycles. The fraction of sp³-hybridized carbons (Fsp3) is 0.600. The molecule has 2 rings (SSSR count). The van der Waals surface area contributed by atoms with Crippen molar-refractivity contribution in [2.75, 3.05) is 20.1 Å². The minimum absolute atomic E-state index is 0.318. The van der Waals surface area contributed by atoms with E-state index in [1.54, 1.807) is 6.20 Å². The fourth-order valence-electron chi connectivity index (χ4n) is 3.21. The molecule has 1 aliphatic rings. The van der Waals surface area contributed by atoms with Crippen LogP contribution < -0.4 is 0 Å². The Morgan fingerprint density at radius 2 is 2.33 bits per heavy atom. The summed E-state index contributed by atoms with van der Waals surface area (Å²) in [4.78, 5) is 19.3. The molecule has 1 aromatic heterocycles. The second-order valence-electron chi connectivity index (χ2n) is 5.38. The average molecular weight is 246 g/mol. The summed E-state index contributed by atoms with van der Waals surface area (Å²) in [6.45, 7) is 6.06. The molecule has 0 aromatic carbocycles. The third-order valence-electron chi connectivity index (χ3n) is 4.26. The van der Waals surface area contributed by atoms with Crippen LogP contribution in [-0.4, -0.2) is 35.8 Å². The number of hydrogen-bond acceptors (Lipinski definition) is 3. The molecular weight excluding hydrogens is 224 g/mol. The molecule has 0 N–H and O–H groups in total. The summed E-state index contributed by atoms with van der Waals surface area (Å²) in [5.74, 6) is 0.653. The molecule has 0 unspecified atom stereocenters. The van der Waals surface area contributed by atoms with Crippen LogP contribution in [0.15, 0.2) is 24.4 Å². The zero-order chi connectivity index (χ0) is 13.2. The number of rotatable bonds is 3. The lowest BCUT2D eigenvalue weighted by Crippen LogP contribution is -2.52. The van der Waals surface area contributed by atoms with E-state index in [1.807, 2.05) is 25.1 Å². The predicted octanol–water partition coefficient (Wildman–Crippen LogP) is 2.27. The Morgan fingerprint density at radius 3 is 2.89 bits per heavy atom. The molecule has 0 bridgehead atoms. The van der Waals surface area contributed by atoms with E-state index in [0.29, 0.717) is 18.1 Å². The van der Waals surface area contributed by atoms with Gasteiger partial charge >= 0.3 is 0 Å². The number of pyridine rings is 1. The minimum Gasteiger partial charge on any atom is -0.306 e. The van der Waals surface area contributed by atoms with Crippen molar-refractivity contribution in [3.63, 3.8) is 0 Å². The first-order valence-corrected chi connectivity index (χ1v) is 6.74. The maximum Gasteiger partial charge on any atom is 0.145 e. The van der Waals surface area contributed by atoms with E-state index >= 15 is 0 Å². The lowest BCUT2D eigenvalue weighted by molar-refractivity contribution is -0.128. The standard InChI is InChI=1S/C15H22N2O/c1-4-14(18)15(13-7-5-6-9-16-13)8-10-17(3)11-12(15)2/h5-7,9,12H,4,8,10-11H2,1-3H3/t12-,15+/m0/s1. The molecule has 2 atom stereocenters. The highest BCUT2D eigenvalue weighted by atomic mass is 16.1. The van der Waals surface area contributed by atoms with Crippen LogP contribution in [0.5, 0.6) is 0 Å². The van der Waals surface area contributed by atoms with E-state index in [9.17, 15) is 4.79 Å². The molecule has 0 radical (unpaired) electrons. The Labute approximate surface area is 109 Å². The molecular formula is C15H22N2O. The Bertz CT molecular complexity index is 418. The third-order valence-corrected chi connectivity index (χ3v) is 4.26. The van der Waals surface area contributed by atoms with Crippen molar-refractivity contribution < 1.29 is 4.79 Å². The van der Waals surface area contributed by atoms with Gasteiger partial charge in [-0.25, -0.2) is 0 Å². The molecule has 0 saturated carbocycles. The maximum atomic E-state index is 12.5. The van der Waals surface area contributed by atoms with Gasteiger partial charge in [0.1, 0.15) is 5.78 Å². The second kappa shape index (κ2) is 5.19. The number of hydrogen-bond donors (Lipinski definition) is 0. The van der Waals surface area contributed by atoms with Gasteiger partial charge in [0.25, 0.3) is 0 Å². The zero-order valence-electron chi connectivity index (χ0n) is 11.5. The quantitative estimate of drug-likeness (QED) is 0.820. The van der Waals surface area contributed by atoms with Gasteiger partial charge in [-0.1, -0.05) is 19.9 Å². The molecule has 0 amide bonds. The van der Waals surface area contributed by atoms with Crippen molar-refractivity contribution in [3.8, 4) is 0 Å². The van der Waals surface area contributed by atoms with E-state index in [0.717, 1.165) is 25.2 Å². The van der Waals surface area contributed by atoms with Crippen LogP contribution in [0.2, 0.25) is 0 Å². The predicted molar refractivity (Wildman–Crippen MR) is 72.5 cm³/mol. The number of carbonyl (C=O) groups excluding carboxylic acids is 1. The average Bonchev–Trinajstić information content (AvgIpc) is 2.39. The van der Waals surface area contributed by atoms with E-state index < -0.39 is 0 Å². The summed E-state index contributed by atoms with van der Waals surface area (Å²) < 4.78 is 0. The summed E-state index contributed by atoms with van der Waals surface area (Å²) in [5, 5.41) is 0. The fourth-order valence-corrected chi connectivity index (χ4v) is 3.21. The molecule has 1 fully saturated rings. The molecule has 3 heteroatoms. The summed E-state index contributed by atoms with van der Waals surface area (Å²) >= 11 is 0. The molecule has 18 heavy (non-hydrogen) atoms. The van der Waals surface area contributed by atoms with Crippen molar-refractivity contribution in [1.29, 1.82) is 0 Å². The first-order valence-electron chi connectivity index (χ1n) is 6.74. The van der Waals surface area contributed by atoms with Gasteiger partial charge in [0.2, 0.25) is 0 Å². The van der Waals surface area contributed by atoms with Gasteiger partial charge in [-0.15, -0.1) is 0 Å². The van der Waals surface area contributed by atoms with Gasteiger partial charge in [-0.05, 0) is 38.1 Å². The first-order chi connectivity index (χ1) is 8.61. The Morgan fingerprint density at radius 1 is 1.56 bits per heavy atom. The molecule has 0 spiro atoms. The van der Waals surface area contributed by atoms with Gasteiger partial charge in [-0.2, -0.15) is 0 Å². The van der Waals surface area contributed by atoms with E-state index in [2.05, 4.69) is 23.9 Å². The number of carbonyl (C=O) groups is 1. The van der Waals surface area contributed by atoms with Crippen LogP contribution in [0.3, 0.4) is 0 Å². The van der Waals surface area contributed by atoms with Crippen molar-refractivity contribution >= 4 is 5.78 Å². The van der Waals surface area contributed by atoms with Crippen molar-refractivity contribution in [2.45, 2.75) is 32.1 Å². The van der Waals surface area contributed by atoms with Crippen LogP contribution >= 0.6 is 0 Å². The van der Waals surface area contributed by atoms with Crippen molar-refractivity contribution in [2.24, 2.45) is 5.92 Å². The number of piperidine rings is 1. The summed E-state index contributed by atoms with van der Waals surface area (Å²) in [5.41, 5.74) is 0.583. The monoisotopic (exact) mass is 246 g/mol. The van der Waals surface area contributed by atoms with E-state index in [-0.39, 0.29) is 5.41 Å². The van der Waals surface area contributed by atoms with Crippen LogP contribution in [0, 0.1) is 5.92 Å². The van der Waals surface area contributed by atoms with Gasteiger partial charge in [-0.3, -0.25) is 9.78 Å². The van der Waals surface area contributed by atoms with Crippen LogP contribution in [0.4, 0.5) is 0 Å². The van der Waals surface area contributed by atoms with Gasteiger partial charge < -0.3 is 4.90 Å². The molecule has 1 aliphatic heterocycles. The second-order valence-corrected chi connectivity index (χ2v) is 5.38. The smallest absolute Gasteiger partial charge is 0.145 e. The van der Waals surface area contributed by atoms with Crippen molar-refractivity contribution in [3.05, 3.63) is 30.1 Å². The molecule has 1 aromatic rings. The largest absolute Gasteiger partial charge is 0.306 e. The van der Waals surface area contributed by atoms with Crippen LogP contribution in [-0.2, 0) is 10.2 Å². The topological polar surface area (TPSA) is 33.2 Å². The molecule has 2 heterocycles. The summed E-state index contributed by atoms with van der Waals surface area (Å²) in [6, 6.07) is 5.90. The number of Topliss-reactive ketones (excluding diaryl/α,β-unsaturated/α-hetero) is 1. The Hall–Kier alpha value is -1.22. The summed E-state index contributed by atoms with van der Waals surface area (Å²) in [6.07, 6.45) is 3.27. The number of nitrogens with zero attached hydrogens (tertiary/aromatic N) is 2. The first kappa shape index (κ1) is 13.2. The Kier molecular flexibility index (Phi) is 3.81. The maximum absolute atomic E-state index is 12.5. The number of ketones is 1. The van der Waals surface area contributed by atoms with Gasteiger partial charge in [0, 0.05) is 19.2 Å². The lowest BCUT2D eigenvalue weighted by Gasteiger charge is -2.44. The minimum atomic E-state index is -0.372. The highest BCUT2D eigenvalue weighted by Crippen LogP contribution is 2.40. The summed E-state index contributed by atoms with van der Waals surface area (Å²) in [7, 11) is 2.12. The van der Waals surface area contributed by atoms with Gasteiger partial charge in [0.15, 0.2) is 0 Å². The molecule has 3 nitrogen and oxygen atoms in total. The van der Waals surface area contributed by atoms with E-state index in [4.69, 9.17) is 0 Å².